The maximum Gasteiger partial charge on any atom is 0.244 e. The molecule has 6 heteroatoms. The Kier molecular flexibility index (Phi) is 5.21. The van der Waals surface area contributed by atoms with Gasteiger partial charge in [0.05, 0.1) is 34.8 Å². The van der Waals surface area contributed by atoms with Crippen LogP contribution in [-0.4, -0.2) is 14.1 Å². The molecule has 9 rings (SSSR count). The van der Waals surface area contributed by atoms with Gasteiger partial charge in [-0.3, -0.25) is 4.57 Å². The van der Waals surface area contributed by atoms with Crippen molar-refractivity contribution in [3.8, 4) is 23.0 Å². The Hall–Kier alpha value is -5.46. The lowest BCUT2D eigenvalue weighted by Crippen LogP contribution is -2.29. The highest BCUT2D eigenvalue weighted by molar-refractivity contribution is 7.26. The van der Waals surface area contributed by atoms with Crippen LogP contribution in [-0.2, 0) is 7.05 Å². The van der Waals surface area contributed by atoms with Crippen molar-refractivity contribution in [2.24, 2.45) is 7.05 Å². The number of thiophene rings is 1. The molecule has 0 spiro atoms. The van der Waals surface area contributed by atoms with Crippen molar-refractivity contribution in [3.63, 3.8) is 0 Å². The van der Waals surface area contributed by atoms with Crippen molar-refractivity contribution in [1.82, 2.24) is 14.1 Å². The number of nitrogens with zero attached hydrogens (tertiary/aromatic N) is 4. The van der Waals surface area contributed by atoms with Gasteiger partial charge in [0.1, 0.15) is 17.3 Å². The second kappa shape index (κ2) is 9.28. The van der Waals surface area contributed by atoms with E-state index in [1.807, 2.05) is 59.5 Å². The monoisotopic (exact) mass is 572 g/mol. The third-order valence-corrected chi connectivity index (χ3v) is 9.30. The van der Waals surface area contributed by atoms with Gasteiger partial charge in [0, 0.05) is 43.2 Å². The van der Waals surface area contributed by atoms with E-state index >= 15 is 0 Å². The number of aromatic nitrogens is 4. The van der Waals surface area contributed by atoms with Gasteiger partial charge in [-0.1, -0.05) is 66.7 Å². The lowest BCUT2D eigenvalue weighted by atomic mass is 10.1. The predicted octanol–water partition coefficient (Wildman–Crippen LogP) is 8.91. The molecule has 0 unspecified atom stereocenters. The van der Waals surface area contributed by atoms with Crippen LogP contribution in [0.25, 0.3) is 64.5 Å². The van der Waals surface area contributed by atoms with E-state index in [1.165, 1.54) is 36.5 Å². The number of hydrogen-bond donors (Lipinski definition) is 0. The number of benzene rings is 5. The van der Waals surface area contributed by atoms with Crippen LogP contribution in [0, 0.1) is 6.33 Å². The van der Waals surface area contributed by atoms with Crippen LogP contribution in [0.1, 0.15) is 0 Å². The summed E-state index contributed by atoms with van der Waals surface area (Å²) in [7, 11) is 2.02. The smallest absolute Gasteiger partial charge is 0.244 e. The average molecular weight is 573 g/mol. The first-order chi connectivity index (χ1) is 21.2. The molecule has 0 amide bonds. The highest BCUT2D eigenvalue weighted by atomic mass is 32.1. The summed E-state index contributed by atoms with van der Waals surface area (Å²) in [6.07, 6.45) is 5.27. The summed E-state index contributed by atoms with van der Waals surface area (Å²) in [6, 6.07) is 42.1. The van der Waals surface area contributed by atoms with Crippen LogP contribution in [0.4, 0.5) is 0 Å². The zero-order chi connectivity index (χ0) is 28.5. The summed E-state index contributed by atoms with van der Waals surface area (Å²) in [5.74, 6) is 2.41. The zero-order valence-corrected chi connectivity index (χ0v) is 24.0. The second-order valence-corrected chi connectivity index (χ2v) is 11.8. The molecular formula is C37H24N4OS. The van der Waals surface area contributed by atoms with E-state index in [-0.39, 0.29) is 0 Å². The second-order valence-electron chi connectivity index (χ2n) is 10.7. The Morgan fingerprint density at radius 2 is 1.53 bits per heavy atom. The van der Waals surface area contributed by atoms with Gasteiger partial charge < -0.3 is 13.9 Å². The number of rotatable bonds is 4. The number of fused-ring (bicyclic) bond motifs is 8. The zero-order valence-electron chi connectivity index (χ0n) is 23.2. The first-order valence-electron chi connectivity index (χ1n) is 14.2. The minimum absolute atomic E-state index is 0.761. The van der Waals surface area contributed by atoms with Gasteiger partial charge in [0.25, 0.3) is 0 Å². The normalized spacial score (nSPS) is 11.8. The quantitative estimate of drug-likeness (QED) is 0.156. The highest BCUT2D eigenvalue weighted by Crippen LogP contribution is 2.43. The van der Waals surface area contributed by atoms with E-state index in [0.717, 1.165) is 39.6 Å². The Balaban J connectivity index is 1.23. The van der Waals surface area contributed by atoms with Gasteiger partial charge in [0.15, 0.2) is 0 Å². The Labute approximate surface area is 251 Å². The molecule has 0 aliphatic rings. The van der Waals surface area contributed by atoms with Crippen LogP contribution in [0.15, 0.2) is 128 Å². The highest BCUT2D eigenvalue weighted by Gasteiger charge is 2.19. The number of hydrogen-bond acceptors (Lipinski definition) is 3. The standard InChI is InChI=1S/C37H24N4OS/c1-39-23-40(31-13-4-3-12-30(31)39)24-9-8-10-25(21-24)42-26-16-17-27-28-18-19-34-36(29-11-2-5-14-33(29)43-34)37(28)41(32(27)22-26)35-15-6-7-20-38-35/h2-22H,1H3. The largest absolute Gasteiger partial charge is 0.458 e. The van der Waals surface area contributed by atoms with Crippen LogP contribution >= 0.6 is 11.3 Å². The molecule has 0 fully saturated rings. The third-order valence-electron chi connectivity index (χ3n) is 8.16. The molecule has 0 N–H and O–H groups in total. The molecule has 204 valence electrons. The van der Waals surface area contributed by atoms with Crippen molar-refractivity contribution in [1.29, 1.82) is 0 Å². The summed E-state index contributed by atoms with van der Waals surface area (Å²) in [5, 5.41) is 4.90. The van der Waals surface area contributed by atoms with Gasteiger partial charge in [0.2, 0.25) is 6.33 Å². The minimum Gasteiger partial charge on any atom is -0.458 e. The van der Waals surface area contributed by atoms with Gasteiger partial charge >= 0.3 is 0 Å². The number of aryl methyl sites for hydroxylation is 1. The summed E-state index contributed by atoms with van der Waals surface area (Å²) in [6.45, 7) is 0. The Morgan fingerprint density at radius 3 is 2.47 bits per heavy atom. The summed E-state index contributed by atoms with van der Waals surface area (Å²) >= 11 is 1.83. The average Bonchev–Trinajstić information content (AvgIpc) is 3.70. The van der Waals surface area contributed by atoms with Crippen molar-refractivity contribution < 1.29 is 9.30 Å². The topological polar surface area (TPSA) is 35.9 Å². The molecule has 9 aromatic rings. The number of para-hydroxylation sites is 2. The van der Waals surface area contributed by atoms with Crippen LogP contribution in [0.5, 0.6) is 11.5 Å². The molecule has 0 aliphatic heterocycles. The molecule has 4 aromatic heterocycles. The molecule has 5 nitrogen and oxygen atoms in total. The van der Waals surface area contributed by atoms with E-state index in [2.05, 4.69) is 106 Å². The van der Waals surface area contributed by atoms with Crippen LogP contribution in [0.2, 0.25) is 0 Å². The first-order valence-corrected chi connectivity index (χ1v) is 15.0. The number of pyridine rings is 1. The van der Waals surface area contributed by atoms with E-state index in [1.54, 1.807) is 0 Å². The Bertz CT molecular complexity index is 2500. The maximum atomic E-state index is 6.53. The van der Waals surface area contributed by atoms with Gasteiger partial charge in [-0.05, 0) is 48.5 Å². The third kappa shape index (κ3) is 3.70. The van der Waals surface area contributed by atoms with E-state index in [9.17, 15) is 0 Å². The van der Waals surface area contributed by atoms with E-state index in [0.29, 0.717) is 0 Å². The molecule has 0 bridgehead atoms. The molecule has 0 aliphatic carbocycles. The van der Waals surface area contributed by atoms with E-state index < -0.39 is 0 Å². The summed E-state index contributed by atoms with van der Waals surface area (Å²) in [4.78, 5) is 4.80. The molecular weight excluding hydrogens is 549 g/mol. The van der Waals surface area contributed by atoms with Crippen molar-refractivity contribution >= 4 is 64.3 Å². The summed E-state index contributed by atoms with van der Waals surface area (Å²) < 4.78 is 15.5. The van der Waals surface area contributed by atoms with Crippen molar-refractivity contribution in [2.45, 2.75) is 0 Å². The number of imidazole rings is 1. The molecule has 4 heterocycles. The molecule has 0 atom stereocenters. The molecule has 43 heavy (non-hydrogen) atoms. The van der Waals surface area contributed by atoms with Crippen molar-refractivity contribution in [3.05, 3.63) is 134 Å². The Morgan fingerprint density at radius 1 is 0.698 bits per heavy atom. The van der Waals surface area contributed by atoms with Crippen molar-refractivity contribution in [2.75, 3.05) is 0 Å². The minimum atomic E-state index is 0.761. The fourth-order valence-electron chi connectivity index (χ4n) is 6.29. The van der Waals surface area contributed by atoms with Crippen LogP contribution in [0.3, 0.4) is 0 Å². The maximum absolute atomic E-state index is 6.53. The SMILES string of the molecule is Cn1[c-][n+](-c2cccc(Oc3ccc4c5ccc6sc7ccccc7c6c5n(-c5ccccn5)c4c3)c2)c2ccccc21. The summed E-state index contributed by atoms with van der Waals surface area (Å²) in [5.41, 5.74) is 5.43. The van der Waals surface area contributed by atoms with Gasteiger partial charge in [-0.15, -0.1) is 11.3 Å². The number of ether oxygens (including phenoxy) is 1. The molecule has 0 saturated heterocycles. The van der Waals surface area contributed by atoms with Crippen LogP contribution < -0.4 is 9.30 Å². The van der Waals surface area contributed by atoms with Gasteiger partial charge in [-0.2, -0.15) is 0 Å². The molecule has 5 aromatic carbocycles. The lowest BCUT2D eigenvalue weighted by Gasteiger charge is -2.11. The molecule has 0 saturated carbocycles. The van der Waals surface area contributed by atoms with Gasteiger partial charge in [-0.25, -0.2) is 4.98 Å². The lowest BCUT2D eigenvalue weighted by molar-refractivity contribution is -0.572. The molecule has 0 radical (unpaired) electrons. The van der Waals surface area contributed by atoms with E-state index in [4.69, 9.17) is 9.72 Å². The fourth-order valence-corrected chi connectivity index (χ4v) is 7.40. The predicted molar refractivity (Wildman–Crippen MR) is 175 cm³/mol. The fraction of sp³-hybridized carbons (Fsp3) is 0.0270. The first kappa shape index (κ1) is 24.2.